The van der Waals surface area contributed by atoms with Gasteiger partial charge in [-0.2, -0.15) is 5.10 Å². The molecular formula is C15H20N2O3. The van der Waals surface area contributed by atoms with Gasteiger partial charge in [0, 0.05) is 18.3 Å². The van der Waals surface area contributed by atoms with E-state index in [2.05, 4.69) is 18.3 Å². The summed E-state index contributed by atoms with van der Waals surface area (Å²) in [4.78, 5) is 11.9. The minimum absolute atomic E-state index is 0.269. The summed E-state index contributed by atoms with van der Waals surface area (Å²) in [6.45, 7) is 11.9. The molecule has 0 atom stereocenters. The molecule has 1 N–H and O–H groups in total. The molecule has 0 unspecified atom stereocenters. The fraction of sp³-hybridized carbons (Fsp3) is 0.467. The van der Waals surface area contributed by atoms with Crippen molar-refractivity contribution in [1.29, 1.82) is 0 Å². The largest absolute Gasteiger partial charge is 0.489 e. The van der Waals surface area contributed by atoms with Crippen molar-refractivity contribution in [3.8, 4) is 5.75 Å². The lowest BCUT2D eigenvalue weighted by Crippen LogP contribution is -2.44. The molecule has 1 aromatic heterocycles. The van der Waals surface area contributed by atoms with Crippen LogP contribution in [-0.2, 0) is 15.7 Å². The first kappa shape index (κ1) is 14.4. The van der Waals surface area contributed by atoms with E-state index in [1.54, 1.807) is 23.0 Å². The number of hydrogen-bond acceptors (Lipinski definition) is 3. The fourth-order valence-electron chi connectivity index (χ4n) is 2.71. The lowest BCUT2D eigenvalue weighted by molar-refractivity contribution is -0.148. The Bertz CT molecular complexity index is 547. The Morgan fingerprint density at radius 2 is 2.15 bits per heavy atom. The summed E-state index contributed by atoms with van der Waals surface area (Å²) in [6.07, 6.45) is 5.36. The minimum Gasteiger partial charge on any atom is -0.489 e. The summed E-state index contributed by atoms with van der Waals surface area (Å²) in [5.41, 5.74) is -0.639. The fourth-order valence-corrected chi connectivity index (χ4v) is 2.71. The summed E-state index contributed by atoms with van der Waals surface area (Å²) in [5, 5.41) is 14.0. The molecule has 2 heterocycles. The molecule has 1 aliphatic rings. The number of nitrogens with zero attached hydrogens (tertiary/aromatic N) is 2. The monoisotopic (exact) mass is 276 g/mol. The summed E-state index contributed by atoms with van der Waals surface area (Å²) < 4.78 is 7.18. The van der Waals surface area contributed by atoms with E-state index >= 15 is 0 Å². The highest BCUT2D eigenvalue weighted by Crippen LogP contribution is 2.42. The second-order valence-corrected chi connectivity index (χ2v) is 5.76. The van der Waals surface area contributed by atoms with Crippen LogP contribution < -0.4 is 4.74 Å². The minimum atomic E-state index is -1.19. The van der Waals surface area contributed by atoms with Gasteiger partial charge in [-0.15, -0.1) is 13.2 Å². The topological polar surface area (TPSA) is 64.3 Å². The van der Waals surface area contributed by atoms with Gasteiger partial charge >= 0.3 is 5.97 Å². The molecule has 0 bridgehead atoms. The van der Waals surface area contributed by atoms with Crippen LogP contribution in [0.1, 0.15) is 32.4 Å². The third-order valence-electron chi connectivity index (χ3n) is 3.73. The van der Waals surface area contributed by atoms with Gasteiger partial charge < -0.3 is 9.84 Å². The molecule has 108 valence electrons. The van der Waals surface area contributed by atoms with E-state index in [-0.39, 0.29) is 18.3 Å². The van der Waals surface area contributed by atoms with Crippen LogP contribution >= 0.6 is 0 Å². The maximum atomic E-state index is 11.9. The predicted molar refractivity (Wildman–Crippen MR) is 76.0 cm³/mol. The average molecular weight is 276 g/mol. The molecule has 0 spiro atoms. The first-order valence-corrected chi connectivity index (χ1v) is 6.56. The Kier molecular flexibility index (Phi) is 3.46. The van der Waals surface area contributed by atoms with E-state index < -0.39 is 11.5 Å². The van der Waals surface area contributed by atoms with Crippen LogP contribution in [0, 0.1) is 0 Å². The average Bonchev–Trinajstić information content (AvgIpc) is 2.91. The first-order chi connectivity index (χ1) is 9.39. The Morgan fingerprint density at radius 3 is 2.65 bits per heavy atom. The van der Waals surface area contributed by atoms with Crippen LogP contribution in [0.3, 0.4) is 0 Å². The molecule has 0 fully saturated rings. The first-order valence-electron chi connectivity index (χ1n) is 6.56. The van der Waals surface area contributed by atoms with Crippen LogP contribution in [0.4, 0.5) is 0 Å². The van der Waals surface area contributed by atoms with E-state index in [4.69, 9.17) is 4.74 Å². The summed E-state index contributed by atoms with van der Waals surface area (Å²) in [6, 6.07) is 0. The van der Waals surface area contributed by atoms with Crippen molar-refractivity contribution in [2.75, 3.05) is 6.61 Å². The van der Waals surface area contributed by atoms with Gasteiger partial charge in [-0.3, -0.25) is 0 Å². The zero-order chi connectivity index (χ0) is 15.0. The highest BCUT2D eigenvalue weighted by molar-refractivity contribution is 5.77. The quantitative estimate of drug-likeness (QED) is 0.811. The van der Waals surface area contributed by atoms with E-state index in [1.807, 2.05) is 13.8 Å². The molecule has 1 aromatic rings. The van der Waals surface area contributed by atoms with Gasteiger partial charge in [0.05, 0.1) is 18.5 Å². The smallest absolute Gasteiger partial charge is 0.332 e. The van der Waals surface area contributed by atoms with Gasteiger partial charge in [0.25, 0.3) is 0 Å². The zero-order valence-corrected chi connectivity index (χ0v) is 11.9. The molecule has 2 rings (SSSR count). The molecule has 20 heavy (non-hydrogen) atoms. The molecule has 5 heteroatoms. The normalized spacial score (nSPS) is 16.3. The lowest BCUT2D eigenvalue weighted by Gasteiger charge is -2.31. The number of carboxylic acids is 1. The highest BCUT2D eigenvalue weighted by Gasteiger charge is 2.46. The van der Waals surface area contributed by atoms with Crippen LogP contribution in [0.2, 0.25) is 0 Å². The van der Waals surface area contributed by atoms with Crippen molar-refractivity contribution in [2.45, 2.75) is 37.6 Å². The molecular weight excluding hydrogens is 256 g/mol. The zero-order valence-electron chi connectivity index (χ0n) is 11.9. The van der Waals surface area contributed by atoms with Crippen molar-refractivity contribution in [1.82, 2.24) is 9.78 Å². The number of carbonyl (C=O) groups is 1. The Balaban J connectivity index is 2.64. The number of ether oxygens (including phenoxy) is 1. The Labute approximate surface area is 118 Å². The SMILES string of the molecule is C=CCC(CC=C)(C(=O)O)n1ncc2c1C(C)(C)CO2. The standard InChI is InChI=1S/C15H20N2O3/c1-5-7-15(8-6-2,13(18)19)17-12-11(9-16-17)20-10-14(12,3)4/h5-6,9H,1-2,7-8,10H2,3-4H3,(H,18,19). The van der Waals surface area contributed by atoms with E-state index in [1.165, 1.54) is 0 Å². The van der Waals surface area contributed by atoms with Crippen LogP contribution in [0.25, 0.3) is 0 Å². The Morgan fingerprint density at radius 1 is 1.55 bits per heavy atom. The van der Waals surface area contributed by atoms with Gasteiger partial charge in [-0.05, 0) is 0 Å². The predicted octanol–water partition coefficient (Wildman–Crippen LogP) is 2.49. The highest BCUT2D eigenvalue weighted by atomic mass is 16.5. The number of carboxylic acid groups (broad SMARTS) is 1. The molecule has 0 aromatic carbocycles. The van der Waals surface area contributed by atoms with Gasteiger partial charge in [-0.1, -0.05) is 26.0 Å². The van der Waals surface area contributed by atoms with Gasteiger partial charge in [0.2, 0.25) is 0 Å². The maximum Gasteiger partial charge on any atom is 0.332 e. The van der Waals surface area contributed by atoms with Crippen LogP contribution in [0.5, 0.6) is 5.75 Å². The van der Waals surface area contributed by atoms with Crippen molar-refractivity contribution < 1.29 is 14.6 Å². The number of rotatable bonds is 6. The van der Waals surface area contributed by atoms with Crippen molar-refractivity contribution in [2.24, 2.45) is 0 Å². The molecule has 5 nitrogen and oxygen atoms in total. The third kappa shape index (κ3) is 1.94. The van der Waals surface area contributed by atoms with Crippen molar-refractivity contribution >= 4 is 5.97 Å². The molecule has 0 saturated carbocycles. The summed E-state index contributed by atoms with van der Waals surface area (Å²) >= 11 is 0. The third-order valence-corrected chi connectivity index (χ3v) is 3.73. The second-order valence-electron chi connectivity index (χ2n) is 5.76. The molecule has 0 aliphatic carbocycles. The number of aromatic nitrogens is 2. The van der Waals surface area contributed by atoms with Gasteiger partial charge in [-0.25, -0.2) is 9.48 Å². The lowest BCUT2D eigenvalue weighted by atomic mass is 9.86. The number of hydrogen-bond donors (Lipinski definition) is 1. The molecule has 0 amide bonds. The van der Waals surface area contributed by atoms with E-state index in [9.17, 15) is 9.90 Å². The molecule has 1 aliphatic heterocycles. The number of aliphatic carboxylic acids is 1. The van der Waals surface area contributed by atoms with Crippen LogP contribution in [-0.4, -0.2) is 27.5 Å². The number of allylic oxidation sites excluding steroid dienone is 2. The van der Waals surface area contributed by atoms with Gasteiger partial charge in [0.1, 0.15) is 0 Å². The molecule has 0 radical (unpaired) electrons. The van der Waals surface area contributed by atoms with Gasteiger partial charge in [0.15, 0.2) is 11.3 Å². The number of fused-ring (bicyclic) bond motifs is 1. The summed E-state index contributed by atoms with van der Waals surface area (Å²) in [5.74, 6) is -0.278. The van der Waals surface area contributed by atoms with Crippen molar-refractivity contribution in [3.63, 3.8) is 0 Å². The molecule has 0 saturated heterocycles. The van der Waals surface area contributed by atoms with E-state index in [0.29, 0.717) is 12.4 Å². The Hall–Kier alpha value is -2.04. The summed E-state index contributed by atoms with van der Waals surface area (Å²) in [7, 11) is 0. The van der Waals surface area contributed by atoms with Crippen LogP contribution in [0.15, 0.2) is 31.5 Å². The van der Waals surface area contributed by atoms with Crippen molar-refractivity contribution in [3.05, 3.63) is 37.2 Å². The van der Waals surface area contributed by atoms with E-state index in [0.717, 1.165) is 5.69 Å². The maximum absolute atomic E-state index is 11.9. The second kappa shape index (κ2) is 4.81.